The van der Waals surface area contributed by atoms with Gasteiger partial charge in [0.05, 0.1) is 11.4 Å². The SMILES string of the molecule is Cc1ccc(-c2csc(C(C#N)=NNc3c(C)cc(C)cc3C)n2)cc1. The van der Waals surface area contributed by atoms with Crippen molar-refractivity contribution in [3.63, 3.8) is 0 Å². The van der Waals surface area contributed by atoms with Crippen molar-refractivity contribution in [2.24, 2.45) is 5.10 Å². The number of aromatic nitrogens is 1. The number of nitrogens with one attached hydrogen (secondary N) is 1. The second-order valence-corrected chi connectivity index (χ2v) is 7.22. The molecule has 26 heavy (non-hydrogen) atoms. The Balaban J connectivity index is 1.87. The third-order valence-corrected chi connectivity index (χ3v) is 4.97. The molecule has 1 N–H and O–H groups in total. The minimum absolute atomic E-state index is 0.285. The fraction of sp³-hybridized carbons (Fsp3) is 0.190. The zero-order valence-corrected chi connectivity index (χ0v) is 16.1. The van der Waals surface area contributed by atoms with Crippen LogP contribution >= 0.6 is 11.3 Å². The van der Waals surface area contributed by atoms with Gasteiger partial charge in [-0.15, -0.1) is 11.3 Å². The summed E-state index contributed by atoms with van der Waals surface area (Å²) in [6, 6.07) is 14.5. The smallest absolute Gasteiger partial charge is 0.196 e. The average Bonchev–Trinajstić information content (AvgIpc) is 3.07. The molecule has 0 bridgehead atoms. The number of hydrogen-bond donors (Lipinski definition) is 1. The van der Waals surface area contributed by atoms with E-state index in [0.29, 0.717) is 5.01 Å². The number of rotatable bonds is 4. The Bertz CT molecular complexity index is 984. The van der Waals surface area contributed by atoms with Crippen molar-refractivity contribution in [2.45, 2.75) is 27.7 Å². The van der Waals surface area contributed by atoms with Crippen LogP contribution in [0.4, 0.5) is 5.69 Å². The van der Waals surface area contributed by atoms with Gasteiger partial charge in [0.25, 0.3) is 0 Å². The van der Waals surface area contributed by atoms with Crippen molar-refractivity contribution in [2.75, 3.05) is 5.43 Å². The Morgan fingerprint density at radius 1 is 1.04 bits per heavy atom. The van der Waals surface area contributed by atoms with E-state index in [1.807, 2.05) is 31.4 Å². The van der Waals surface area contributed by atoms with E-state index in [9.17, 15) is 5.26 Å². The number of thiazole rings is 1. The molecular formula is C21H20N4S. The summed E-state index contributed by atoms with van der Waals surface area (Å²) in [5.74, 6) is 0. The van der Waals surface area contributed by atoms with Crippen LogP contribution in [0, 0.1) is 39.0 Å². The van der Waals surface area contributed by atoms with E-state index in [4.69, 9.17) is 0 Å². The van der Waals surface area contributed by atoms with Crippen LogP contribution in [-0.2, 0) is 0 Å². The molecule has 0 saturated carbocycles. The molecule has 130 valence electrons. The zero-order valence-electron chi connectivity index (χ0n) is 15.3. The van der Waals surface area contributed by atoms with Crippen molar-refractivity contribution < 1.29 is 0 Å². The highest BCUT2D eigenvalue weighted by atomic mass is 32.1. The zero-order chi connectivity index (χ0) is 18.7. The molecule has 4 nitrogen and oxygen atoms in total. The second-order valence-electron chi connectivity index (χ2n) is 6.36. The number of anilines is 1. The number of aryl methyl sites for hydroxylation is 4. The highest BCUT2D eigenvalue weighted by Gasteiger charge is 2.11. The lowest BCUT2D eigenvalue weighted by Crippen LogP contribution is -2.03. The Labute approximate surface area is 157 Å². The van der Waals surface area contributed by atoms with E-state index >= 15 is 0 Å². The molecular weight excluding hydrogens is 340 g/mol. The van der Waals surface area contributed by atoms with Crippen LogP contribution in [0.3, 0.4) is 0 Å². The summed E-state index contributed by atoms with van der Waals surface area (Å²) in [5.41, 5.74) is 10.8. The first-order valence-electron chi connectivity index (χ1n) is 8.32. The molecule has 3 rings (SSSR count). The topological polar surface area (TPSA) is 61.1 Å². The summed E-state index contributed by atoms with van der Waals surface area (Å²) in [6.45, 7) is 8.18. The molecule has 3 aromatic rings. The van der Waals surface area contributed by atoms with E-state index in [2.05, 4.69) is 59.7 Å². The maximum Gasteiger partial charge on any atom is 0.196 e. The van der Waals surface area contributed by atoms with Crippen molar-refractivity contribution in [3.8, 4) is 17.3 Å². The molecule has 0 saturated heterocycles. The molecule has 1 aromatic heterocycles. The van der Waals surface area contributed by atoms with E-state index < -0.39 is 0 Å². The second kappa shape index (κ2) is 7.51. The van der Waals surface area contributed by atoms with Crippen molar-refractivity contribution in [1.29, 1.82) is 5.26 Å². The van der Waals surface area contributed by atoms with Gasteiger partial charge in [-0.1, -0.05) is 47.5 Å². The third kappa shape index (κ3) is 3.81. The molecule has 0 aliphatic rings. The van der Waals surface area contributed by atoms with E-state index in [1.165, 1.54) is 22.5 Å². The Morgan fingerprint density at radius 2 is 1.69 bits per heavy atom. The van der Waals surface area contributed by atoms with Gasteiger partial charge in [0.15, 0.2) is 10.7 Å². The van der Waals surface area contributed by atoms with Gasteiger partial charge in [-0.2, -0.15) is 10.4 Å². The van der Waals surface area contributed by atoms with Crippen LogP contribution in [0.25, 0.3) is 11.3 Å². The largest absolute Gasteiger partial charge is 0.277 e. The normalized spacial score (nSPS) is 11.3. The molecule has 0 spiro atoms. The van der Waals surface area contributed by atoms with Crippen molar-refractivity contribution in [1.82, 2.24) is 4.98 Å². The maximum absolute atomic E-state index is 9.50. The lowest BCUT2D eigenvalue weighted by Gasteiger charge is -2.10. The predicted molar refractivity (Wildman–Crippen MR) is 109 cm³/mol. The van der Waals surface area contributed by atoms with Gasteiger partial charge < -0.3 is 0 Å². The molecule has 2 aromatic carbocycles. The predicted octanol–water partition coefficient (Wildman–Crippen LogP) is 5.38. The fourth-order valence-electron chi connectivity index (χ4n) is 2.83. The molecule has 1 heterocycles. The highest BCUT2D eigenvalue weighted by molar-refractivity contribution is 7.12. The molecule has 0 aliphatic carbocycles. The molecule has 5 heteroatoms. The average molecular weight is 360 g/mol. The summed E-state index contributed by atoms with van der Waals surface area (Å²) >= 11 is 1.42. The summed E-state index contributed by atoms with van der Waals surface area (Å²) in [5, 5.41) is 16.4. The fourth-order valence-corrected chi connectivity index (χ4v) is 3.59. The molecule has 0 amide bonds. The van der Waals surface area contributed by atoms with Gasteiger partial charge in [-0.25, -0.2) is 4.98 Å². The van der Waals surface area contributed by atoms with E-state index in [-0.39, 0.29) is 5.71 Å². The van der Waals surface area contributed by atoms with Crippen LogP contribution in [0.1, 0.15) is 27.3 Å². The molecule has 0 fully saturated rings. The van der Waals surface area contributed by atoms with Gasteiger partial charge in [-0.3, -0.25) is 5.43 Å². The number of nitriles is 1. The first kappa shape index (κ1) is 17.8. The number of hydrogen-bond acceptors (Lipinski definition) is 5. The number of benzene rings is 2. The van der Waals surface area contributed by atoms with Gasteiger partial charge in [0.1, 0.15) is 6.07 Å². The summed E-state index contributed by atoms with van der Waals surface area (Å²) in [6.07, 6.45) is 0. The first-order valence-corrected chi connectivity index (χ1v) is 9.20. The number of nitrogens with zero attached hydrogens (tertiary/aromatic N) is 3. The van der Waals surface area contributed by atoms with E-state index in [0.717, 1.165) is 28.1 Å². The molecule has 0 aliphatic heterocycles. The lowest BCUT2D eigenvalue weighted by atomic mass is 10.1. The Kier molecular flexibility index (Phi) is 5.15. The van der Waals surface area contributed by atoms with Gasteiger partial charge in [0, 0.05) is 10.9 Å². The summed E-state index contributed by atoms with van der Waals surface area (Å²) in [7, 11) is 0. The van der Waals surface area contributed by atoms with Crippen LogP contribution in [0.15, 0.2) is 46.9 Å². The summed E-state index contributed by atoms with van der Waals surface area (Å²) < 4.78 is 0. The Hall–Kier alpha value is -2.97. The summed E-state index contributed by atoms with van der Waals surface area (Å²) in [4.78, 5) is 4.58. The van der Waals surface area contributed by atoms with Crippen LogP contribution in [0.5, 0.6) is 0 Å². The Morgan fingerprint density at radius 3 is 2.31 bits per heavy atom. The van der Waals surface area contributed by atoms with Crippen LogP contribution in [0.2, 0.25) is 0 Å². The number of hydrazone groups is 1. The van der Waals surface area contributed by atoms with Crippen molar-refractivity contribution >= 4 is 22.7 Å². The van der Waals surface area contributed by atoms with E-state index in [1.54, 1.807) is 0 Å². The van der Waals surface area contributed by atoms with Crippen LogP contribution < -0.4 is 5.43 Å². The lowest BCUT2D eigenvalue weighted by molar-refractivity contribution is 1.24. The van der Waals surface area contributed by atoms with Gasteiger partial charge in [0.2, 0.25) is 0 Å². The van der Waals surface area contributed by atoms with Crippen LogP contribution in [-0.4, -0.2) is 10.7 Å². The van der Waals surface area contributed by atoms with Gasteiger partial charge >= 0.3 is 0 Å². The maximum atomic E-state index is 9.50. The molecule has 0 unspecified atom stereocenters. The highest BCUT2D eigenvalue weighted by Crippen LogP contribution is 2.24. The third-order valence-electron chi connectivity index (χ3n) is 4.12. The standard InChI is InChI=1S/C21H20N4S/c1-13-5-7-17(8-6-13)19-12-26-21(23-19)18(11-22)24-25-20-15(3)9-14(2)10-16(20)4/h5-10,12,25H,1-4H3. The molecule has 0 radical (unpaired) electrons. The minimum atomic E-state index is 0.285. The quantitative estimate of drug-likeness (QED) is 0.502. The van der Waals surface area contributed by atoms with Gasteiger partial charge in [-0.05, 0) is 38.8 Å². The monoisotopic (exact) mass is 360 g/mol. The minimum Gasteiger partial charge on any atom is -0.277 e. The first-order chi connectivity index (χ1) is 12.5. The molecule has 0 atom stereocenters. The van der Waals surface area contributed by atoms with Crippen molar-refractivity contribution in [3.05, 3.63) is 69.0 Å².